The number of benzene rings is 1. The lowest BCUT2D eigenvalue weighted by atomic mass is 9.95. The molecule has 1 aromatic heterocycles. The molecule has 0 unspecified atom stereocenters. The van der Waals surface area contributed by atoms with Gasteiger partial charge < -0.3 is 15.5 Å². The van der Waals surface area contributed by atoms with Crippen LogP contribution in [0.1, 0.15) is 24.6 Å². The minimum Gasteiger partial charge on any atom is -0.371 e. The number of nitrogens with one attached hydrogen (secondary N) is 2. The van der Waals surface area contributed by atoms with Crippen LogP contribution in [0.3, 0.4) is 0 Å². The molecule has 26 heavy (non-hydrogen) atoms. The van der Waals surface area contributed by atoms with Crippen LogP contribution in [0.5, 0.6) is 0 Å². The molecule has 2 aromatic rings. The van der Waals surface area contributed by atoms with E-state index in [9.17, 15) is 9.59 Å². The molecular formula is C20H25N3O2S. The summed E-state index contributed by atoms with van der Waals surface area (Å²) in [5.41, 5.74) is 1.95. The smallest absolute Gasteiger partial charge is 0.229 e. The minimum absolute atomic E-state index is 0.00273. The Bertz CT molecular complexity index is 720. The van der Waals surface area contributed by atoms with Crippen LogP contribution in [0.4, 0.5) is 11.4 Å². The third-order valence-electron chi connectivity index (χ3n) is 4.65. The van der Waals surface area contributed by atoms with E-state index in [0.717, 1.165) is 42.2 Å². The van der Waals surface area contributed by atoms with Crippen molar-refractivity contribution < 1.29 is 9.59 Å². The predicted molar refractivity (Wildman–Crippen MR) is 107 cm³/mol. The molecule has 1 saturated heterocycles. The molecule has 2 N–H and O–H groups in total. The van der Waals surface area contributed by atoms with Crippen LogP contribution in [0, 0.1) is 5.92 Å². The van der Waals surface area contributed by atoms with E-state index < -0.39 is 0 Å². The van der Waals surface area contributed by atoms with Crippen LogP contribution in [-0.2, 0) is 16.0 Å². The van der Waals surface area contributed by atoms with E-state index in [2.05, 4.69) is 15.5 Å². The van der Waals surface area contributed by atoms with Gasteiger partial charge in [-0.25, -0.2) is 0 Å². The first kappa shape index (κ1) is 18.5. The molecule has 0 atom stereocenters. The number of thiophene rings is 1. The maximum Gasteiger partial charge on any atom is 0.229 e. The van der Waals surface area contributed by atoms with Gasteiger partial charge in [0.05, 0.1) is 6.42 Å². The number of hydrogen-bond acceptors (Lipinski definition) is 4. The van der Waals surface area contributed by atoms with Crippen LogP contribution in [0.25, 0.3) is 0 Å². The molecule has 0 bridgehead atoms. The Kier molecular flexibility index (Phi) is 6.28. The van der Waals surface area contributed by atoms with E-state index in [4.69, 9.17) is 0 Å². The van der Waals surface area contributed by atoms with Gasteiger partial charge >= 0.3 is 0 Å². The number of amides is 2. The van der Waals surface area contributed by atoms with Crippen molar-refractivity contribution in [1.82, 2.24) is 5.32 Å². The van der Waals surface area contributed by atoms with Gasteiger partial charge in [0.2, 0.25) is 11.8 Å². The Morgan fingerprint density at radius 2 is 1.88 bits per heavy atom. The second-order valence-corrected chi connectivity index (χ2v) is 7.54. The van der Waals surface area contributed by atoms with Gasteiger partial charge in [-0.1, -0.05) is 6.07 Å². The Morgan fingerprint density at radius 3 is 2.50 bits per heavy atom. The zero-order valence-electron chi connectivity index (χ0n) is 15.0. The normalized spacial score (nSPS) is 14.9. The van der Waals surface area contributed by atoms with Gasteiger partial charge in [0.25, 0.3) is 0 Å². The van der Waals surface area contributed by atoms with Crippen molar-refractivity contribution >= 4 is 34.5 Å². The van der Waals surface area contributed by atoms with Gasteiger partial charge in [-0.2, -0.15) is 0 Å². The minimum atomic E-state index is 0.00273. The monoisotopic (exact) mass is 371 g/mol. The molecule has 3 rings (SSSR count). The predicted octanol–water partition coefficient (Wildman–Crippen LogP) is 3.28. The third kappa shape index (κ3) is 4.85. The van der Waals surface area contributed by atoms with Crippen LogP contribution < -0.4 is 15.5 Å². The van der Waals surface area contributed by atoms with Crippen LogP contribution in [-0.4, -0.2) is 31.4 Å². The largest absolute Gasteiger partial charge is 0.371 e. The van der Waals surface area contributed by atoms with Crippen molar-refractivity contribution in [3.63, 3.8) is 0 Å². The Hall–Kier alpha value is -2.34. The lowest BCUT2D eigenvalue weighted by Crippen LogP contribution is -2.40. The van der Waals surface area contributed by atoms with Gasteiger partial charge in [0.15, 0.2) is 0 Å². The Labute approximate surface area is 158 Å². The Balaban J connectivity index is 1.50. The maximum atomic E-state index is 12.1. The van der Waals surface area contributed by atoms with Crippen molar-refractivity contribution in [1.29, 1.82) is 0 Å². The number of carbonyl (C=O) groups excluding carboxylic acids is 2. The van der Waals surface area contributed by atoms with Crippen molar-refractivity contribution in [3.05, 3.63) is 46.7 Å². The standard InChI is InChI=1S/C20H25N3O2S/c1-2-21-20(25)15-9-11-23(12-10-15)17-7-5-16(6-8-17)22-19(24)14-18-4-3-13-26-18/h3-8,13,15H,2,9-12,14H2,1H3,(H,21,25)(H,22,24). The molecule has 1 aliphatic heterocycles. The highest BCUT2D eigenvalue weighted by Gasteiger charge is 2.24. The van der Waals surface area contributed by atoms with E-state index in [-0.39, 0.29) is 17.7 Å². The fourth-order valence-electron chi connectivity index (χ4n) is 3.25. The van der Waals surface area contributed by atoms with Gasteiger partial charge in [-0.05, 0) is 55.5 Å². The van der Waals surface area contributed by atoms with Crippen molar-refractivity contribution in [2.45, 2.75) is 26.2 Å². The fourth-order valence-corrected chi connectivity index (χ4v) is 3.95. The molecule has 0 radical (unpaired) electrons. The average Bonchev–Trinajstić information content (AvgIpc) is 3.15. The van der Waals surface area contributed by atoms with Gasteiger partial charge in [0.1, 0.15) is 0 Å². The number of nitrogens with zero attached hydrogens (tertiary/aromatic N) is 1. The van der Waals surface area contributed by atoms with E-state index in [0.29, 0.717) is 13.0 Å². The lowest BCUT2D eigenvalue weighted by molar-refractivity contribution is -0.125. The summed E-state index contributed by atoms with van der Waals surface area (Å²) in [4.78, 5) is 27.4. The molecule has 0 saturated carbocycles. The zero-order chi connectivity index (χ0) is 18.4. The first-order valence-electron chi connectivity index (χ1n) is 9.10. The van der Waals surface area contributed by atoms with E-state index in [1.54, 1.807) is 11.3 Å². The highest BCUT2D eigenvalue weighted by atomic mass is 32.1. The number of hydrogen-bond donors (Lipinski definition) is 2. The third-order valence-corrected chi connectivity index (χ3v) is 5.52. The molecule has 2 heterocycles. The quantitative estimate of drug-likeness (QED) is 0.819. The highest BCUT2D eigenvalue weighted by molar-refractivity contribution is 7.10. The summed E-state index contributed by atoms with van der Waals surface area (Å²) in [5, 5.41) is 7.84. The van der Waals surface area contributed by atoms with Crippen LogP contribution >= 0.6 is 11.3 Å². The molecule has 0 aliphatic carbocycles. The summed E-state index contributed by atoms with van der Waals surface area (Å²) in [5.74, 6) is 0.306. The molecule has 1 fully saturated rings. The summed E-state index contributed by atoms with van der Waals surface area (Å²) in [6, 6.07) is 11.9. The molecule has 1 aliphatic rings. The summed E-state index contributed by atoms with van der Waals surface area (Å²) in [6.45, 7) is 4.41. The second kappa shape index (κ2) is 8.85. The molecule has 5 nitrogen and oxygen atoms in total. The molecule has 2 amide bonds. The van der Waals surface area contributed by atoms with E-state index in [1.165, 1.54) is 0 Å². The number of anilines is 2. The highest BCUT2D eigenvalue weighted by Crippen LogP contribution is 2.25. The molecule has 138 valence electrons. The van der Waals surface area contributed by atoms with E-state index in [1.807, 2.05) is 48.7 Å². The number of carbonyl (C=O) groups is 2. The van der Waals surface area contributed by atoms with E-state index >= 15 is 0 Å². The Morgan fingerprint density at radius 1 is 1.15 bits per heavy atom. The lowest BCUT2D eigenvalue weighted by Gasteiger charge is -2.33. The first-order chi connectivity index (χ1) is 12.7. The zero-order valence-corrected chi connectivity index (χ0v) is 15.8. The van der Waals surface area contributed by atoms with Crippen molar-refractivity contribution in [2.75, 3.05) is 29.9 Å². The number of rotatable bonds is 6. The van der Waals surface area contributed by atoms with Gasteiger partial charge in [0, 0.05) is 41.8 Å². The molecule has 6 heteroatoms. The molecule has 0 spiro atoms. The van der Waals surface area contributed by atoms with Crippen molar-refractivity contribution in [3.8, 4) is 0 Å². The van der Waals surface area contributed by atoms with Gasteiger partial charge in [-0.3, -0.25) is 9.59 Å². The van der Waals surface area contributed by atoms with Crippen LogP contribution in [0.2, 0.25) is 0 Å². The van der Waals surface area contributed by atoms with Gasteiger partial charge in [-0.15, -0.1) is 11.3 Å². The topological polar surface area (TPSA) is 61.4 Å². The summed E-state index contributed by atoms with van der Waals surface area (Å²) in [7, 11) is 0. The molecule has 1 aromatic carbocycles. The van der Waals surface area contributed by atoms with Crippen molar-refractivity contribution in [2.24, 2.45) is 5.92 Å². The fraction of sp³-hybridized carbons (Fsp3) is 0.400. The molecular weight excluding hydrogens is 346 g/mol. The first-order valence-corrected chi connectivity index (χ1v) is 9.98. The SMILES string of the molecule is CCNC(=O)C1CCN(c2ccc(NC(=O)Cc3cccs3)cc2)CC1. The second-order valence-electron chi connectivity index (χ2n) is 6.51. The maximum absolute atomic E-state index is 12.1. The number of piperidine rings is 1. The summed E-state index contributed by atoms with van der Waals surface area (Å²) >= 11 is 1.59. The summed E-state index contributed by atoms with van der Waals surface area (Å²) in [6.07, 6.45) is 2.17. The summed E-state index contributed by atoms with van der Waals surface area (Å²) < 4.78 is 0. The average molecular weight is 372 g/mol. The van der Waals surface area contributed by atoms with Crippen LogP contribution in [0.15, 0.2) is 41.8 Å².